The summed E-state index contributed by atoms with van der Waals surface area (Å²) in [5, 5.41) is 0. The number of aromatic amines is 1. The minimum absolute atomic E-state index is 0.397. The minimum Gasteiger partial charge on any atom is -0.317 e. The van der Waals surface area contributed by atoms with Gasteiger partial charge in [-0.25, -0.2) is 9.78 Å². The third-order valence-corrected chi connectivity index (χ3v) is 5.12. The summed E-state index contributed by atoms with van der Waals surface area (Å²) < 4.78 is 3.32. The van der Waals surface area contributed by atoms with Gasteiger partial charge in [-0.05, 0) is 25.1 Å². The molecule has 0 bridgehead atoms. The number of imidazole rings is 1. The maximum absolute atomic E-state index is 12.6. The number of fused-ring (bicyclic) bond motifs is 1. The lowest BCUT2D eigenvalue weighted by atomic mass is 10.2. The molecule has 29 heavy (non-hydrogen) atoms. The standard InChI is InChI=1S/C22H29N5O2/c1-4-6-14-26(5-2)16-18-23-20-19(21(28)24-22(29)25(20)3)27(18)15-10-13-17-11-8-7-9-12-17/h7-13H,4-6,14-16H2,1-3H3,(H,24,28,29)/b13-10+. The molecule has 2 heterocycles. The van der Waals surface area contributed by atoms with E-state index in [-0.39, 0.29) is 0 Å². The van der Waals surface area contributed by atoms with Crippen molar-refractivity contribution < 1.29 is 0 Å². The summed E-state index contributed by atoms with van der Waals surface area (Å²) in [7, 11) is 1.64. The van der Waals surface area contributed by atoms with E-state index in [1.165, 1.54) is 4.57 Å². The summed E-state index contributed by atoms with van der Waals surface area (Å²) in [6.07, 6.45) is 6.29. The molecule has 0 aliphatic carbocycles. The summed E-state index contributed by atoms with van der Waals surface area (Å²) >= 11 is 0. The Morgan fingerprint density at radius 1 is 1.17 bits per heavy atom. The largest absolute Gasteiger partial charge is 0.329 e. The SMILES string of the molecule is CCCCN(CC)Cc1nc2c(c(=O)[nH]c(=O)n2C)n1C/C=C/c1ccccc1. The Hall–Kier alpha value is -2.93. The van der Waals surface area contributed by atoms with Gasteiger partial charge in [0.05, 0.1) is 6.54 Å². The van der Waals surface area contributed by atoms with Crippen LogP contribution in [0.3, 0.4) is 0 Å². The van der Waals surface area contributed by atoms with Crippen molar-refractivity contribution in [3.05, 3.63) is 68.6 Å². The molecule has 0 atom stereocenters. The van der Waals surface area contributed by atoms with Gasteiger partial charge in [0.2, 0.25) is 0 Å². The fourth-order valence-corrected chi connectivity index (χ4v) is 3.39. The quantitative estimate of drug-likeness (QED) is 0.604. The van der Waals surface area contributed by atoms with Crippen LogP contribution in [0.15, 0.2) is 46.0 Å². The first-order valence-corrected chi connectivity index (χ1v) is 10.2. The van der Waals surface area contributed by atoms with Gasteiger partial charge in [0.15, 0.2) is 11.2 Å². The highest BCUT2D eigenvalue weighted by atomic mass is 16.2. The van der Waals surface area contributed by atoms with Crippen molar-refractivity contribution in [1.82, 2.24) is 24.0 Å². The number of rotatable bonds is 9. The van der Waals surface area contributed by atoms with Gasteiger partial charge in [0.25, 0.3) is 5.56 Å². The predicted octanol–water partition coefficient (Wildman–Crippen LogP) is 2.76. The summed E-state index contributed by atoms with van der Waals surface area (Å²) in [6, 6.07) is 10.0. The van der Waals surface area contributed by atoms with Crippen LogP contribution in [0, 0.1) is 0 Å². The van der Waals surface area contributed by atoms with Gasteiger partial charge in [-0.1, -0.05) is 62.8 Å². The van der Waals surface area contributed by atoms with E-state index < -0.39 is 11.2 Å². The molecule has 3 aromatic rings. The molecule has 154 valence electrons. The highest BCUT2D eigenvalue weighted by Gasteiger charge is 2.18. The number of nitrogens with zero attached hydrogens (tertiary/aromatic N) is 4. The number of benzene rings is 1. The maximum Gasteiger partial charge on any atom is 0.329 e. The predicted molar refractivity (Wildman–Crippen MR) is 117 cm³/mol. The van der Waals surface area contributed by atoms with Gasteiger partial charge in [0.1, 0.15) is 5.82 Å². The van der Waals surface area contributed by atoms with Crippen LogP contribution in [-0.4, -0.2) is 37.1 Å². The number of unbranched alkanes of at least 4 members (excludes halogenated alkanes) is 1. The molecule has 3 rings (SSSR count). The van der Waals surface area contributed by atoms with Gasteiger partial charge < -0.3 is 4.57 Å². The van der Waals surface area contributed by atoms with Crippen LogP contribution in [0.5, 0.6) is 0 Å². The Bertz CT molecular complexity index is 1090. The van der Waals surface area contributed by atoms with E-state index >= 15 is 0 Å². The smallest absolute Gasteiger partial charge is 0.317 e. The first-order chi connectivity index (χ1) is 14.0. The zero-order valence-electron chi connectivity index (χ0n) is 17.4. The fourth-order valence-electron chi connectivity index (χ4n) is 3.39. The number of nitrogens with one attached hydrogen (secondary N) is 1. The molecule has 7 nitrogen and oxygen atoms in total. The van der Waals surface area contributed by atoms with E-state index in [2.05, 4.69) is 28.7 Å². The number of hydrogen-bond donors (Lipinski definition) is 1. The van der Waals surface area contributed by atoms with Gasteiger partial charge in [-0.2, -0.15) is 0 Å². The van der Waals surface area contributed by atoms with Crippen LogP contribution in [0.4, 0.5) is 0 Å². The molecular weight excluding hydrogens is 366 g/mol. The average molecular weight is 396 g/mol. The number of H-pyrrole nitrogens is 1. The number of hydrogen-bond acceptors (Lipinski definition) is 4. The molecule has 1 aromatic carbocycles. The van der Waals surface area contributed by atoms with Crippen LogP contribution in [-0.2, 0) is 20.1 Å². The highest BCUT2D eigenvalue weighted by Crippen LogP contribution is 2.14. The summed E-state index contributed by atoms with van der Waals surface area (Å²) in [5.74, 6) is 0.794. The summed E-state index contributed by atoms with van der Waals surface area (Å²) in [5.41, 5.74) is 1.11. The summed E-state index contributed by atoms with van der Waals surface area (Å²) in [4.78, 5) is 34.0. The van der Waals surface area contributed by atoms with Crippen molar-refractivity contribution >= 4 is 17.2 Å². The molecule has 0 aliphatic heterocycles. The molecule has 0 aliphatic rings. The van der Waals surface area contributed by atoms with E-state index in [9.17, 15) is 9.59 Å². The lowest BCUT2D eigenvalue weighted by Gasteiger charge is -2.20. The number of allylic oxidation sites excluding steroid dienone is 1. The monoisotopic (exact) mass is 395 g/mol. The molecule has 0 spiro atoms. The highest BCUT2D eigenvalue weighted by molar-refractivity contribution is 5.71. The minimum atomic E-state index is -0.447. The van der Waals surface area contributed by atoms with Crippen molar-refractivity contribution in [1.29, 1.82) is 0 Å². The normalized spacial score (nSPS) is 11.9. The lowest BCUT2D eigenvalue weighted by molar-refractivity contribution is 0.266. The number of aromatic nitrogens is 4. The molecule has 0 unspecified atom stereocenters. The Morgan fingerprint density at radius 2 is 1.93 bits per heavy atom. The molecule has 0 saturated carbocycles. The Morgan fingerprint density at radius 3 is 2.62 bits per heavy atom. The second-order valence-electron chi connectivity index (χ2n) is 7.16. The molecule has 0 amide bonds. The third kappa shape index (κ3) is 4.74. The van der Waals surface area contributed by atoms with Crippen LogP contribution < -0.4 is 11.2 Å². The maximum atomic E-state index is 12.6. The topological polar surface area (TPSA) is 75.9 Å². The second kappa shape index (κ2) is 9.52. The molecule has 0 radical (unpaired) electrons. The van der Waals surface area contributed by atoms with Crippen molar-refractivity contribution in [2.24, 2.45) is 7.05 Å². The average Bonchev–Trinajstić information content (AvgIpc) is 3.09. The molecule has 0 fully saturated rings. The van der Waals surface area contributed by atoms with Gasteiger partial charge in [-0.3, -0.25) is 19.2 Å². The van der Waals surface area contributed by atoms with Gasteiger partial charge in [0, 0.05) is 13.6 Å². The van der Waals surface area contributed by atoms with E-state index in [4.69, 9.17) is 0 Å². The van der Waals surface area contributed by atoms with E-state index in [0.29, 0.717) is 24.3 Å². The van der Waals surface area contributed by atoms with E-state index in [1.54, 1.807) is 7.05 Å². The summed E-state index contributed by atoms with van der Waals surface area (Å²) in [6.45, 7) is 7.32. The van der Waals surface area contributed by atoms with Crippen molar-refractivity contribution in [2.75, 3.05) is 13.1 Å². The van der Waals surface area contributed by atoms with Crippen molar-refractivity contribution in [2.45, 2.75) is 39.8 Å². The zero-order valence-corrected chi connectivity index (χ0v) is 17.4. The Balaban J connectivity index is 2.01. The van der Waals surface area contributed by atoms with E-state index in [1.807, 2.05) is 47.1 Å². The third-order valence-electron chi connectivity index (χ3n) is 5.12. The van der Waals surface area contributed by atoms with Gasteiger partial charge in [-0.15, -0.1) is 0 Å². The Labute approximate surface area is 170 Å². The number of aryl methyl sites for hydroxylation is 1. The Kier molecular flexibility index (Phi) is 6.82. The molecule has 0 saturated heterocycles. The van der Waals surface area contributed by atoms with Gasteiger partial charge >= 0.3 is 5.69 Å². The molecule has 2 aromatic heterocycles. The van der Waals surface area contributed by atoms with Crippen LogP contribution in [0.2, 0.25) is 0 Å². The molecule has 7 heteroatoms. The zero-order chi connectivity index (χ0) is 20.8. The van der Waals surface area contributed by atoms with Crippen LogP contribution >= 0.6 is 0 Å². The van der Waals surface area contributed by atoms with Crippen molar-refractivity contribution in [3.63, 3.8) is 0 Å². The second-order valence-corrected chi connectivity index (χ2v) is 7.16. The van der Waals surface area contributed by atoms with Crippen molar-refractivity contribution in [3.8, 4) is 0 Å². The fraction of sp³-hybridized carbons (Fsp3) is 0.409. The molecular formula is C22H29N5O2. The molecule has 1 N–H and O–H groups in total. The van der Waals surface area contributed by atoms with E-state index in [0.717, 1.165) is 37.3 Å². The lowest BCUT2D eigenvalue weighted by Crippen LogP contribution is -2.29. The first kappa shape index (κ1) is 20.8. The first-order valence-electron chi connectivity index (χ1n) is 10.2. The van der Waals surface area contributed by atoms with Crippen LogP contribution in [0.1, 0.15) is 38.1 Å². The van der Waals surface area contributed by atoms with Crippen LogP contribution in [0.25, 0.3) is 17.2 Å².